The summed E-state index contributed by atoms with van der Waals surface area (Å²) in [6.07, 6.45) is 3.65. The summed E-state index contributed by atoms with van der Waals surface area (Å²) in [4.78, 5) is 13.2. The molecule has 120 valence electrons. The Morgan fingerprint density at radius 1 is 1.41 bits per heavy atom. The number of amides is 1. The number of carbonyl (C=O) groups is 1. The molecule has 5 heteroatoms. The minimum atomic E-state index is -0.411. The Hall–Kier alpha value is -1.46. The van der Waals surface area contributed by atoms with E-state index in [0.717, 1.165) is 31.2 Å². The van der Waals surface area contributed by atoms with Crippen LogP contribution >= 0.6 is 0 Å². The van der Waals surface area contributed by atoms with Crippen LogP contribution in [-0.4, -0.2) is 48.3 Å². The van der Waals surface area contributed by atoms with Crippen molar-refractivity contribution >= 4 is 5.91 Å². The van der Waals surface area contributed by atoms with Gasteiger partial charge in [-0.05, 0) is 48.8 Å². The maximum absolute atomic E-state index is 13.2. The lowest BCUT2D eigenvalue weighted by atomic mass is 9.76. The van der Waals surface area contributed by atoms with E-state index in [0.29, 0.717) is 19.7 Å². The monoisotopic (exact) mass is 307 g/mol. The number of likely N-dealkylation sites (tertiary alicyclic amines) is 1. The van der Waals surface area contributed by atoms with Gasteiger partial charge in [0, 0.05) is 13.1 Å². The molecule has 0 unspecified atom stereocenters. The molecule has 1 amide bonds. The van der Waals surface area contributed by atoms with E-state index >= 15 is 0 Å². The quantitative estimate of drug-likeness (QED) is 0.926. The predicted molar refractivity (Wildman–Crippen MR) is 79.8 cm³/mol. The van der Waals surface area contributed by atoms with Gasteiger partial charge in [-0.3, -0.25) is 4.79 Å². The van der Waals surface area contributed by atoms with Crippen molar-refractivity contribution in [3.8, 4) is 0 Å². The van der Waals surface area contributed by atoms with Gasteiger partial charge < -0.3 is 14.7 Å². The Labute approximate surface area is 129 Å². The van der Waals surface area contributed by atoms with E-state index in [-0.39, 0.29) is 23.2 Å². The van der Waals surface area contributed by atoms with Crippen molar-refractivity contribution < 1.29 is 19.0 Å². The van der Waals surface area contributed by atoms with Crippen LogP contribution in [0, 0.1) is 11.2 Å². The van der Waals surface area contributed by atoms with Crippen LogP contribution in [0.1, 0.15) is 24.8 Å². The standard InChI is InChI=1S/C17H22FNO3/c18-14-3-1-2-13(8-14)9-15-10-17(12-22-15)4-6-19(7-5-17)16(21)11-20/h1-3,8,15,20H,4-7,9-12H2/t15-/m1/s1. The molecular formula is C17H22FNO3. The summed E-state index contributed by atoms with van der Waals surface area (Å²) in [6.45, 7) is 1.69. The predicted octanol–water partition coefficient (Wildman–Crippen LogP) is 1.76. The van der Waals surface area contributed by atoms with Crippen molar-refractivity contribution in [1.82, 2.24) is 4.90 Å². The smallest absolute Gasteiger partial charge is 0.248 e. The summed E-state index contributed by atoms with van der Waals surface area (Å²) in [6, 6.07) is 6.68. The first-order valence-corrected chi connectivity index (χ1v) is 7.85. The largest absolute Gasteiger partial charge is 0.387 e. The Morgan fingerprint density at radius 2 is 2.18 bits per heavy atom. The van der Waals surface area contributed by atoms with E-state index < -0.39 is 6.61 Å². The molecule has 0 aliphatic carbocycles. The van der Waals surface area contributed by atoms with Crippen LogP contribution in [0.15, 0.2) is 24.3 Å². The fraction of sp³-hybridized carbons (Fsp3) is 0.588. The molecule has 1 aromatic carbocycles. The molecule has 1 N–H and O–H groups in total. The van der Waals surface area contributed by atoms with E-state index in [1.165, 1.54) is 6.07 Å². The number of hydrogen-bond acceptors (Lipinski definition) is 3. The third-order valence-electron chi connectivity index (χ3n) is 4.95. The molecule has 1 atom stereocenters. The van der Waals surface area contributed by atoms with Crippen LogP contribution in [-0.2, 0) is 16.0 Å². The van der Waals surface area contributed by atoms with Crippen molar-refractivity contribution in [2.24, 2.45) is 5.41 Å². The van der Waals surface area contributed by atoms with E-state index in [9.17, 15) is 9.18 Å². The highest BCUT2D eigenvalue weighted by molar-refractivity contribution is 5.77. The molecule has 1 spiro atoms. The second-order valence-electron chi connectivity index (χ2n) is 6.51. The molecule has 0 bridgehead atoms. The van der Waals surface area contributed by atoms with E-state index in [4.69, 9.17) is 9.84 Å². The molecule has 0 radical (unpaired) electrons. The average molecular weight is 307 g/mol. The number of aliphatic hydroxyl groups excluding tert-OH is 1. The minimum Gasteiger partial charge on any atom is -0.387 e. The van der Waals surface area contributed by atoms with Gasteiger partial charge in [0.25, 0.3) is 0 Å². The maximum Gasteiger partial charge on any atom is 0.248 e. The molecule has 22 heavy (non-hydrogen) atoms. The van der Waals surface area contributed by atoms with Gasteiger partial charge in [0.1, 0.15) is 12.4 Å². The van der Waals surface area contributed by atoms with Crippen molar-refractivity contribution in [2.75, 3.05) is 26.3 Å². The zero-order chi connectivity index (χ0) is 15.6. The number of benzene rings is 1. The third-order valence-corrected chi connectivity index (χ3v) is 4.95. The first-order valence-electron chi connectivity index (χ1n) is 7.85. The summed E-state index contributed by atoms with van der Waals surface area (Å²) in [5.74, 6) is -0.397. The topological polar surface area (TPSA) is 49.8 Å². The fourth-order valence-electron chi connectivity index (χ4n) is 3.63. The molecule has 2 aliphatic heterocycles. The van der Waals surface area contributed by atoms with Gasteiger partial charge in [0.15, 0.2) is 0 Å². The lowest BCUT2D eigenvalue weighted by Crippen LogP contribution is -2.44. The molecule has 1 aromatic rings. The van der Waals surface area contributed by atoms with Gasteiger partial charge >= 0.3 is 0 Å². The first kappa shape index (κ1) is 15.4. The molecule has 2 heterocycles. The van der Waals surface area contributed by atoms with Crippen molar-refractivity contribution in [3.63, 3.8) is 0 Å². The Bertz CT molecular complexity index is 540. The lowest BCUT2D eigenvalue weighted by Gasteiger charge is -2.38. The van der Waals surface area contributed by atoms with Crippen molar-refractivity contribution in [3.05, 3.63) is 35.6 Å². The molecule has 0 aromatic heterocycles. The summed E-state index contributed by atoms with van der Waals surface area (Å²) in [5, 5.41) is 8.93. The molecule has 2 aliphatic rings. The highest BCUT2D eigenvalue weighted by atomic mass is 19.1. The normalized spacial score (nSPS) is 23.9. The van der Waals surface area contributed by atoms with Crippen LogP contribution in [0.3, 0.4) is 0 Å². The highest BCUT2D eigenvalue weighted by Gasteiger charge is 2.42. The van der Waals surface area contributed by atoms with Gasteiger partial charge in [0.2, 0.25) is 5.91 Å². The highest BCUT2D eigenvalue weighted by Crippen LogP contribution is 2.42. The number of ether oxygens (including phenoxy) is 1. The molecule has 2 saturated heterocycles. The summed E-state index contributed by atoms with van der Waals surface area (Å²) in [5.41, 5.74) is 1.11. The Morgan fingerprint density at radius 3 is 2.86 bits per heavy atom. The van der Waals surface area contributed by atoms with Gasteiger partial charge in [-0.25, -0.2) is 4.39 Å². The molecule has 2 fully saturated rings. The Balaban J connectivity index is 1.55. The summed E-state index contributed by atoms with van der Waals surface area (Å²) >= 11 is 0. The van der Waals surface area contributed by atoms with Gasteiger partial charge in [-0.15, -0.1) is 0 Å². The van der Waals surface area contributed by atoms with E-state index in [1.807, 2.05) is 6.07 Å². The van der Waals surface area contributed by atoms with Gasteiger partial charge in [-0.1, -0.05) is 12.1 Å². The number of rotatable bonds is 3. The fourth-order valence-corrected chi connectivity index (χ4v) is 3.63. The van der Waals surface area contributed by atoms with E-state index in [1.54, 1.807) is 17.0 Å². The number of piperidine rings is 1. The second kappa shape index (κ2) is 6.34. The first-order chi connectivity index (χ1) is 10.6. The lowest BCUT2D eigenvalue weighted by molar-refractivity contribution is -0.136. The number of nitrogens with zero attached hydrogens (tertiary/aromatic N) is 1. The number of aliphatic hydroxyl groups is 1. The molecule has 3 rings (SSSR count). The van der Waals surface area contributed by atoms with Crippen LogP contribution in [0.2, 0.25) is 0 Å². The van der Waals surface area contributed by atoms with E-state index in [2.05, 4.69) is 0 Å². The number of hydrogen-bond donors (Lipinski definition) is 1. The van der Waals surface area contributed by atoms with Crippen LogP contribution in [0.25, 0.3) is 0 Å². The second-order valence-corrected chi connectivity index (χ2v) is 6.51. The Kier molecular flexibility index (Phi) is 4.45. The van der Waals surface area contributed by atoms with Crippen molar-refractivity contribution in [1.29, 1.82) is 0 Å². The average Bonchev–Trinajstić information content (AvgIpc) is 2.90. The number of halogens is 1. The minimum absolute atomic E-state index is 0.127. The van der Waals surface area contributed by atoms with Crippen LogP contribution in [0.4, 0.5) is 4.39 Å². The molecule has 4 nitrogen and oxygen atoms in total. The van der Waals surface area contributed by atoms with Gasteiger partial charge in [-0.2, -0.15) is 0 Å². The molecular weight excluding hydrogens is 285 g/mol. The third kappa shape index (κ3) is 3.31. The van der Waals surface area contributed by atoms with Crippen LogP contribution in [0.5, 0.6) is 0 Å². The van der Waals surface area contributed by atoms with Crippen LogP contribution < -0.4 is 0 Å². The maximum atomic E-state index is 13.2. The number of carbonyl (C=O) groups excluding carboxylic acids is 1. The summed E-state index contributed by atoms with van der Waals surface area (Å²) in [7, 11) is 0. The van der Waals surface area contributed by atoms with Gasteiger partial charge in [0.05, 0.1) is 12.7 Å². The zero-order valence-electron chi connectivity index (χ0n) is 12.6. The van der Waals surface area contributed by atoms with Crippen molar-refractivity contribution in [2.45, 2.75) is 31.8 Å². The molecule has 0 saturated carbocycles. The SMILES string of the molecule is O=C(CO)N1CCC2(CC1)CO[C@H](Cc1cccc(F)c1)C2. The zero-order valence-corrected chi connectivity index (χ0v) is 12.6. The summed E-state index contributed by atoms with van der Waals surface area (Å²) < 4.78 is 19.2.